The fourth-order valence-electron chi connectivity index (χ4n) is 2.22. The summed E-state index contributed by atoms with van der Waals surface area (Å²) in [5.41, 5.74) is 5.28. The Balaban J connectivity index is 3.25. The minimum absolute atomic E-state index is 0.178. The molecule has 1 aromatic rings. The molecule has 1 aromatic carbocycles. The molecule has 2 amide bonds. The molecular weight excluding hydrogens is 324 g/mol. The Hall–Kier alpha value is -2.41. The van der Waals surface area contributed by atoms with E-state index >= 15 is 0 Å². The molecule has 0 aliphatic heterocycles. The van der Waals surface area contributed by atoms with E-state index in [4.69, 9.17) is 15.2 Å². The van der Waals surface area contributed by atoms with Crippen LogP contribution in [0.25, 0.3) is 0 Å². The first-order chi connectivity index (χ1) is 11.7. The maximum Gasteiger partial charge on any atom is 0.417 e. The fraction of sp³-hybridized carbons (Fsp3) is 0.500. The molecule has 138 valence electrons. The number of nitrogens with two attached hydrogens (primary N) is 1. The molecule has 7 heteroatoms. The molecule has 0 radical (unpaired) electrons. The standard InChI is InChI=1S/C18H26N2O5/c1-5-24-16(22)11-14(13-9-7-6-8-10-13)20(15(21)12-19)17(23)25-18(2,3)4/h6-10,14H,5,11-12,19H2,1-4H3. The van der Waals surface area contributed by atoms with Crippen molar-refractivity contribution in [3.8, 4) is 0 Å². The van der Waals surface area contributed by atoms with E-state index in [-0.39, 0.29) is 19.6 Å². The number of imide groups is 1. The van der Waals surface area contributed by atoms with Crippen molar-refractivity contribution in [1.29, 1.82) is 0 Å². The Morgan fingerprint density at radius 3 is 2.24 bits per heavy atom. The Labute approximate surface area is 148 Å². The third-order valence-corrected chi connectivity index (χ3v) is 3.19. The van der Waals surface area contributed by atoms with Gasteiger partial charge < -0.3 is 15.2 Å². The largest absolute Gasteiger partial charge is 0.466 e. The van der Waals surface area contributed by atoms with E-state index in [1.807, 2.05) is 0 Å². The summed E-state index contributed by atoms with van der Waals surface area (Å²) < 4.78 is 10.3. The van der Waals surface area contributed by atoms with Crippen LogP contribution in [0.1, 0.15) is 45.7 Å². The number of amides is 2. The molecule has 0 aromatic heterocycles. The Morgan fingerprint density at radius 1 is 1.16 bits per heavy atom. The zero-order valence-corrected chi connectivity index (χ0v) is 15.2. The van der Waals surface area contributed by atoms with Crippen LogP contribution >= 0.6 is 0 Å². The van der Waals surface area contributed by atoms with Gasteiger partial charge in [-0.1, -0.05) is 30.3 Å². The van der Waals surface area contributed by atoms with Crippen LogP contribution in [0.15, 0.2) is 30.3 Å². The Morgan fingerprint density at radius 2 is 1.76 bits per heavy atom. The summed E-state index contributed by atoms with van der Waals surface area (Å²) in [5.74, 6) is -1.15. The van der Waals surface area contributed by atoms with Crippen LogP contribution in [0.4, 0.5) is 4.79 Å². The third-order valence-electron chi connectivity index (χ3n) is 3.19. The minimum atomic E-state index is -0.855. The van der Waals surface area contributed by atoms with E-state index < -0.39 is 29.6 Å². The monoisotopic (exact) mass is 350 g/mol. The zero-order chi connectivity index (χ0) is 19.0. The molecule has 0 saturated carbocycles. The average Bonchev–Trinajstić information content (AvgIpc) is 2.53. The van der Waals surface area contributed by atoms with Crippen molar-refractivity contribution in [1.82, 2.24) is 4.90 Å². The maximum absolute atomic E-state index is 12.6. The normalized spacial score (nSPS) is 12.2. The van der Waals surface area contributed by atoms with Crippen LogP contribution in [0.2, 0.25) is 0 Å². The molecule has 1 rings (SSSR count). The summed E-state index contributed by atoms with van der Waals surface area (Å²) in [5, 5.41) is 0. The highest BCUT2D eigenvalue weighted by Crippen LogP contribution is 2.27. The van der Waals surface area contributed by atoms with Crippen LogP contribution in [0, 0.1) is 0 Å². The summed E-state index contributed by atoms with van der Waals surface area (Å²) >= 11 is 0. The highest BCUT2D eigenvalue weighted by atomic mass is 16.6. The third kappa shape index (κ3) is 6.54. The van der Waals surface area contributed by atoms with Gasteiger partial charge in [0.25, 0.3) is 0 Å². The lowest BCUT2D eigenvalue weighted by molar-refractivity contribution is -0.145. The van der Waals surface area contributed by atoms with Gasteiger partial charge in [0.05, 0.1) is 25.6 Å². The molecule has 0 fully saturated rings. The molecule has 0 bridgehead atoms. The first kappa shape index (κ1) is 20.6. The second-order valence-corrected chi connectivity index (χ2v) is 6.38. The van der Waals surface area contributed by atoms with E-state index in [2.05, 4.69) is 0 Å². The van der Waals surface area contributed by atoms with Gasteiger partial charge in [-0.15, -0.1) is 0 Å². The number of hydrogen-bond donors (Lipinski definition) is 1. The van der Waals surface area contributed by atoms with E-state index in [0.717, 1.165) is 4.90 Å². The van der Waals surface area contributed by atoms with Gasteiger partial charge in [0.1, 0.15) is 5.60 Å². The molecule has 0 heterocycles. The van der Waals surface area contributed by atoms with Crippen molar-refractivity contribution in [2.24, 2.45) is 5.73 Å². The maximum atomic E-state index is 12.6. The summed E-state index contributed by atoms with van der Waals surface area (Å²) in [6, 6.07) is 7.91. The van der Waals surface area contributed by atoms with E-state index in [1.165, 1.54) is 0 Å². The molecule has 7 nitrogen and oxygen atoms in total. The number of rotatable bonds is 6. The highest BCUT2D eigenvalue weighted by Gasteiger charge is 2.35. The molecule has 2 N–H and O–H groups in total. The van der Waals surface area contributed by atoms with E-state index in [1.54, 1.807) is 58.0 Å². The lowest BCUT2D eigenvalue weighted by Gasteiger charge is -2.31. The molecule has 0 saturated heterocycles. The molecular formula is C18H26N2O5. The Kier molecular flexibility index (Phi) is 7.57. The number of carbonyl (C=O) groups excluding carboxylic acids is 3. The van der Waals surface area contributed by atoms with Crippen LogP contribution in [0.3, 0.4) is 0 Å². The predicted molar refractivity (Wildman–Crippen MR) is 92.6 cm³/mol. The molecule has 0 aliphatic rings. The van der Waals surface area contributed by atoms with Crippen LogP contribution in [-0.2, 0) is 19.1 Å². The Bertz CT molecular complexity index is 595. The number of hydrogen-bond acceptors (Lipinski definition) is 6. The summed E-state index contributed by atoms with van der Waals surface area (Å²) in [7, 11) is 0. The van der Waals surface area contributed by atoms with Crippen molar-refractivity contribution in [3.63, 3.8) is 0 Å². The van der Waals surface area contributed by atoms with Gasteiger partial charge in [-0.3, -0.25) is 9.59 Å². The summed E-state index contributed by atoms with van der Waals surface area (Å²) in [6.45, 7) is 6.59. The topological polar surface area (TPSA) is 98.9 Å². The summed E-state index contributed by atoms with van der Waals surface area (Å²) in [6.07, 6.45) is -1.02. The van der Waals surface area contributed by atoms with Crippen LogP contribution in [0.5, 0.6) is 0 Å². The number of benzene rings is 1. The van der Waals surface area contributed by atoms with Crippen molar-refractivity contribution < 1.29 is 23.9 Å². The second kappa shape index (κ2) is 9.17. The van der Waals surface area contributed by atoms with Crippen molar-refractivity contribution >= 4 is 18.0 Å². The van der Waals surface area contributed by atoms with Gasteiger partial charge in [-0.25, -0.2) is 9.69 Å². The van der Waals surface area contributed by atoms with Crippen molar-refractivity contribution in [2.75, 3.05) is 13.2 Å². The first-order valence-corrected chi connectivity index (χ1v) is 8.15. The van der Waals surface area contributed by atoms with E-state index in [0.29, 0.717) is 5.56 Å². The van der Waals surface area contributed by atoms with Crippen LogP contribution in [-0.4, -0.2) is 41.6 Å². The fourth-order valence-corrected chi connectivity index (χ4v) is 2.22. The highest BCUT2D eigenvalue weighted by molar-refractivity contribution is 5.94. The minimum Gasteiger partial charge on any atom is -0.466 e. The van der Waals surface area contributed by atoms with Gasteiger partial charge in [-0.2, -0.15) is 0 Å². The summed E-state index contributed by atoms with van der Waals surface area (Å²) in [4.78, 5) is 37.8. The van der Waals surface area contributed by atoms with Gasteiger partial charge in [-0.05, 0) is 33.3 Å². The number of ether oxygens (including phenoxy) is 2. The molecule has 25 heavy (non-hydrogen) atoms. The van der Waals surface area contributed by atoms with Gasteiger partial charge in [0.2, 0.25) is 5.91 Å². The lowest BCUT2D eigenvalue weighted by atomic mass is 10.0. The van der Waals surface area contributed by atoms with Crippen molar-refractivity contribution in [2.45, 2.75) is 45.8 Å². The number of esters is 1. The SMILES string of the molecule is CCOC(=O)CC(c1ccccc1)N(C(=O)CN)C(=O)OC(C)(C)C. The lowest BCUT2D eigenvalue weighted by Crippen LogP contribution is -2.46. The van der Waals surface area contributed by atoms with Gasteiger partial charge in [0.15, 0.2) is 0 Å². The van der Waals surface area contributed by atoms with Crippen LogP contribution < -0.4 is 5.73 Å². The quantitative estimate of drug-likeness (QED) is 0.791. The molecule has 0 aliphatic carbocycles. The van der Waals surface area contributed by atoms with Gasteiger partial charge in [0, 0.05) is 0 Å². The smallest absolute Gasteiger partial charge is 0.417 e. The van der Waals surface area contributed by atoms with Gasteiger partial charge >= 0.3 is 12.1 Å². The number of nitrogens with zero attached hydrogens (tertiary/aromatic N) is 1. The number of carbonyl (C=O) groups is 3. The van der Waals surface area contributed by atoms with E-state index in [9.17, 15) is 14.4 Å². The first-order valence-electron chi connectivity index (χ1n) is 8.15. The molecule has 0 spiro atoms. The van der Waals surface area contributed by atoms with Crippen molar-refractivity contribution in [3.05, 3.63) is 35.9 Å². The molecule has 1 unspecified atom stereocenters. The molecule has 1 atom stereocenters. The average molecular weight is 350 g/mol. The zero-order valence-electron chi connectivity index (χ0n) is 15.2. The second-order valence-electron chi connectivity index (χ2n) is 6.38. The predicted octanol–water partition coefficient (Wildman–Crippen LogP) is 2.40.